The van der Waals surface area contributed by atoms with Crippen LogP contribution in [0, 0.1) is 22.7 Å². The molecule has 0 aliphatic rings. The molecule has 0 aromatic carbocycles. The molecule has 0 saturated heterocycles. The van der Waals surface area contributed by atoms with Gasteiger partial charge in [0.25, 0.3) is 0 Å². The van der Waals surface area contributed by atoms with Crippen LogP contribution in [-0.2, 0) is 0 Å². The van der Waals surface area contributed by atoms with Crippen molar-refractivity contribution < 1.29 is 35.0 Å². The van der Waals surface area contributed by atoms with E-state index in [0.29, 0.717) is 0 Å². The van der Waals surface area contributed by atoms with Gasteiger partial charge in [-0.15, -0.1) is 0 Å². The van der Waals surface area contributed by atoms with Crippen molar-refractivity contribution in [2.45, 2.75) is 0 Å². The fourth-order valence-corrected chi connectivity index (χ4v) is 0.0250. The zero-order valence-electron chi connectivity index (χ0n) is 4.29. The Morgan fingerprint density at radius 3 is 1.50 bits per heavy atom. The van der Waals surface area contributed by atoms with Crippen LogP contribution in [0.5, 0.6) is 0 Å². The van der Waals surface area contributed by atoms with Crippen molar-refractivity contribution >= 4 is 5.71 Å². The molecule has 0 aromatic rings. The largest absolute Gasteiger partial charge is 1.00 e. The van der Waals surface area contributed by atoms with Gasteiger partial charge in [-0.05, 0) is 0 Å². The minimum absolute atomic E-state index is 0. The van der Waals surface area contributed by atoms with E-state index in [9.17, 15) is 0 Å². The van der Waals surface area contributed by atoms with Crippen molar-refractivity contribution in [3.05, 3.63) is 5.41 Å². The Hall–Kier alpha value is -0.390. The van der Waals surface area contributed by atoms with Gasteiger partial charge in [0.1, 0.15) is 0 Å². The predicted octanol–water partition coefficient (Wildman–Crippen LogP) is -3.13. The second-order valence-corrected chi connectivity index (χ2v) is 0.572. The summed E-state index contributed by atoms with van der Waals surface area (Å²) in [6.45, 7) is 0. The van der Waals surface area contributed by atoms with Gasteiger partial charge in [-0.2, -0.15) is 10.5 Å². The number of nitrogens with zero attached hydrogens (tertiary/aromatic N) is 3. The molecule has 0 saturated carbocycles. The smallest absolute Gasteiger partial charge is 0.870 e. The topological polar surface area (TPSA) is 99.9 Å². The Labute approximate surface area is 68.8 Å². The average molecular weight is 118 g/mol. The summed E-state index contributed by atoms with van der Waals surface area (Å²) in [5.74, 6) is 0. The monoisotopic (exact) mass is 118 g/mol. The third kappa shape index (κ3) is 9.15. The van der Waals surface area contributed by atoms with E-state index in [1.165, 1.54) is 12.1 Å². The molecule has 0 fully saturated rings. The fraction of sp³-hybridized carbons (Fsp3) is 0. The molecule has 4 nitrogen and oxygen atoms in total. The third-order valence-corrected chi connectivity index (χ3v) is 0.212. The first kappa shape index (κ1) is 15.6. The minimum atomic E-state index is -0.796. The number of nitriles is 2. The Kier molecular flexibility index (Phi) is 19.1. The Morgan fingerprint density at radius 1 is 1.25 bits per heavy atom. The molecule has 5 heteroatoms. The molecule has 0 rings (SSSR count). The van der Waals surface area contributed by atoms with E-state index < -0.39 is 5.71 Å². The maximum atomic E-state index is 7.86. The van der Waals surface area contributed by atoms with Crippen LogP contribution in [0.1, 0.15) is 0 Å². The van der Waals surface area contributed by atoms with E-state index in [2.05, 4.69) is 0 Å². The van der Waals surface area contributed by atoms with E-state index in [4.69, 9.17) is 15.9 Å². The number of hydrogen-bond acceptors (Lipinski definition) is 3. The van der Waals surface area contributed by atoms with E-state index in [-0.39, 0.29) is 35.0 Å². The molecule has 1 N–H and O–H groups in total. The van der Waals surface area contributed by atoms with Gasteiger partial charge in [-0.3, -0.25) is 0 Å². The van der Waals surface area contributed by atoms with E-state index in [0.717, 1.165) is 0 Å². The van der Waals surface area contributed by atoms with Crippen LogP contribution in [0.2, 0.25) is 0 Å². The van der Waals surface area contributed by atoms with Gasteiger partial charge < -0.3 is 10.9 Å². The van der Waals surface area contributed by atoms with E-state index in [1.807, 2.05) is 0 Å². The number of rotatable bonds is 0. The molecule has 0 atom stereocenters. The summed E-state index contributed by atoms with van der Waals surface area (Å²) in [5.41, 5.74) is -0.796. The van der Waals surface area contributed by atoms with Gasteiger partial charge in [0, 0.05) is 5.71 Å². The van der Waals surface area contributed by atoms with Crippen molar-refractivity contribution in [3.8, 4) is 12.1 Å². The molecule has 0 bridgehead atoms. The van der Waals surface area contributed by atoms with Crippen molar-refractivity contribution in [3.63, 3.8) is 0 Å². The Morgan fingerprint density at radius 2 is 1.50 bits per heavy atom. The SMILES string of the molecule is N#CC(=[N-])C#N.[Na+].[OH-]. The molecule has 0 unspecified atom stereocenters. The quantitative estimate of drug-likeness (QED) is 0.248. The maximum Gasteiger partial charge on any atom is 1.00 e. The second kappa shape index (κ2) is 9.79. The molecule has 8 heavy (non-hydrogen) atoms. The first-order valence-electron chi connectivity index (χ1n) is 1.17. The molecule has 0 aliphatic carbocycles. The van der Waals surface area contributed by atoms with Crippen LogP contribution in [0.4, 0.5) is 0 Å². The normalized spacial score (nSPS) is 3.75. The average Bonchev–Trinajstić information content (AvgIpc) is 1.65. The zero-order valence-corrected chi connectivity index (χ0v) is 6.29. The predicted molar refractivity (Wildman–Crippen MR) is 21.5 cm³/mol. The minimum Gasteiger partial charge on any atom is -0.870 e. The molecule has 0 radical (unpaired) electrons. The molecular formula is C3HN3NaO-. The van der Waals surface area contributed by atoms with Crippen molar-refractivity contribution in [2.75, 3.05) is 0 Å². The molecule has 0 aliphatic heterocycles. The summed E-state index contributed by atoms with van der Waals surface area (Å²) < 4.78 is 0. The van der Waals surface area contributed by atoms with Gasteiger partial charge in [0.15, 0.2) is 0 Å². The van der Waals surface area contributed by atoms with Crippen molar-refractivity contribution in [2.24, 2.45) is 0 Å². The third-order valence-electron chi connectivity index (χ3n) is 0.212. The molecular weight excluding hydrogens is 117 g/mol. The van der Waals surface area contributed by atoms with Crippen LogP contribution in [0.15, 0.2) is 0 Å². The standard InChI is InChI=1S/C3N3.Na.H2O/c4-1-3(6)2-5;;/h;;1H2/q-1;+1;/p-1. The maximum absolute atomic E-state index is 7.86. The summed E-state index contributed by atoms with van der Waals surface area (Å²) in [5, 5.41) is 23.0. The van der Waals surface area contributed by atoms with Crippen LogP contribution < -0.4 is 29.6 Å². The Balaban J connectivity index is -0.000000125. The second-order valence-electron chi connectivity index (χ2n) is 0.572. The fourth-order valence-electron chi connectivity index (χ4n) is 0.0250. The summed E-state index contributed by atoms with van der Waals surface area (Å²) >= 11 is 0. The first-order chi connectivity index (χ1) is 2.81. The zero-order chi connectivity index (χ0) is 4.99. The van der Waals surface area contributed by atoms with Crippen LogP contribution in [0.3, 0.4) is 0 Å². The van der Waals surface area contributed by atoms with Crippen LogP contribution in [0.25, 0.3) is 5.41 Å². The van der Waals surface area contributed by atoms with Crippen LogP contribution in [-0.4, -0.2) is 11.2 Å². The van der Waals surface area contributed by atoms with Crippen molar-refractivity contribution in [1.29, 1.82) is 10.5 Å². The molecule has 0 aromatic heterocycles. The van der Waals surface area contributed by atoms with Gasteiger partial charge in [-0.25, -0.2) is 0 Å². The summed E-state index contributed by atoms with van der Waals surface area (Å²) in [6.07, 6.45) is 0. The van der Waals surface area contributed by atoms with Gasteiger partial charge >= 0.3 is 29.6 Å². The van der Waals surface area contributed by atoms with Crippen LogP contribution >= 0.6 is 0 Å². The molecule has 0 spiro atoms. The Bertz CT molecular complexity index is 126. The van der Waals surface area contributed by atoms with E-state index in [1.54, 1.807) is 0 Å². The summed E-state index contributed by atoms with van der Waals surface area (Å²) in [7, 11) is 0. The van der Waals surface area contributed by atoms with Gasteiger partial charge in [0.05, 0.1) is 12.1 Å². The van der Waals surface area contributed by atoms with Crippen molar-refractivity contribution in [1.82, 2.24) is 0 Å². The van der Waals surface area contributed by atoms with Gasteiger partial charge in [-0.1, -0.05) is 0 Å². The van der Waals surface area contributed by atoms with E-state index >= 15 is 0 Å². The first-order valence-corrected chi connectivity index (χ1v) is 1.17. The molecule has 0 amide bonds. The summed E-state index contributed by atoms with van der Waals surface area (Å²) in [6, 6.07) is 2.45. The number of hydrogen-bond donors (Lipinski definition) is 0. The molecule has 36 valence electrons. The molecule has 0 heterocycles. The summed E-state index contributed by atoms with van der Waals surface area (Å²) in [4.78, 5) is 0. The van der Waals surface area contributed by atoms with Gasteiger partial charge in [0.2, 0.25) is 0 Å².